The molecule has 0 radical (unpaired) electrons. The van der Waals surface area contributed by atoms with Crippen LogP contribution in [0.5, 0.6) is 23.0 Å². The highest BCUT2D eigenvalue weighted by molar-refractivity contribution is 6.03. The van der Waals surface area contributed by atoms with Crippen molar-refractivity contribution in [2.24, 2.45) is 0 Å². The number of ether oxygens (including phenoxy) is 4. The van der Waals surface area contributed by atoms with E-state index in [0.717, 1.165) is 22.3 Å². The second kappa shape index (κ2) is 16.8. The fourth-order valence-electron chi connectivity index (χ4n) is 6.97. The monoisotopic (exact) mass is 740 g/mol. The Bertz CT molecular complexity index is 2020. The predicted octanol–water partition coefficient (Wildman–Crippen LogP) is 4.34. The van der Waals surface area contributed by atoms with Crippen molar-refractivity contribution in [1.29, 1.82) is 0 Å². The molecule has 0 aromatic heterocycles. The normalized spacial score (nSPS) is 16.1. The van der Waals surface area contributed by atoms with Crippen molar-refractivity contribution in [2.45, 2.75) is 44.4 Å². The number of carboxylic acid groups (broad SMARTS) is 1. The Morgan fingerprint density at radius 1 is 0.704 bits per heavy atom. The number of aliphatic hydroxyl groups excluding tert-OH is 2. The predicted molar refractivity (Wildman–Crippen MR) is 199 cm³/mol. The summed E-state index contributed by atoms with van der Waals surface area (Å²) in [7, 11) is 2.87. The molecule has 3 amide bonds. The van der Waals surface area contributed by atoms with E-state index in [-0.39, 0.29) is 72.9 Å². The van der Waals surface area contributed by atoms with E-state index >= 15 is 0 Å². The summed E-state index contributed by atoms with van der Waals surface area (Å²) >= 11 is 0. The molecule has 4 aromatic carbocycles. The number of nitrogens with zero attached hydrogens (tertiary/aromatic N) is 2. The average Bonchev–Trinajstić information content (AvgIpc) is 3.19. The number of carbonyl (C=O) groups is 3. The van der Waals surface area contributed by atoms with Gasteiger partial charge in [0.15, 0.2) is 23.0 Å². The molecular weight excluding hydrogens is 696 g/mol. The second-order valence-electron chi connectivity index (χ2n) is 13.1. The van der Waals surface area contributed by atoms with Crippen LogP contribution in [0.4, 0.5) is 16.2 Å². The highest BCUT2D eigenvalue weighted by Gasteiger charge is 2.33. The number of nitrogens with two attached hydrogens (primary N) is 1. The number of nitrogens with one attached hydrogen (secondary N) is 1. The largest absolute Gasteiger partial charge is 0.493 e. The molecule has 0 bridgehead atoms. The highest BCUT2D eigenvalue weighted by atomic mass is 16.5. The van der Waals surface area contributed by atoms with Crippen molar-refractivity contribution in [3.8, 4) is 23.0 Å². The van der Waals surface area contributed by atoms with Gasteiger partial charge in [-0.05, 0) is 47.2 Å². The number of anilines is 2. The third kappa shape index (κ3) is 7.99. The molecule has 0 saturated heterocycles. The molecule has 54 heavy (non-hydrogen) atoms. The quantitative estimate of drug-likeness (QED) is 0.0967. The summed E-state index contributed by atoms with van der Waals surface area (Å²) in [5, 5.41) is 32.1. The van der Waals surface area contributed by atoms with Gasteiger partial charge in [0.05, 0.1) is 69.5 Å². The number of benzene rings is 4. The standard InChI is InChI=1S/C40H44N4O10/c1-51-34-16-30(38(47)43-20-26-10-5-3-8-24(26)14-28(43)22-45)32(41)18-36(34)53-12-7-13-54-37-19-33(42-40(49)50)31(17-35(37)52-2)39(48)44-21-27-11-6-4-9-25(27)15-29(44)23-46/h3-6,8-11,16-19,28-29,42,45-46H,7,12-15,20-23,41H2,1-2H3,(H,49,50)/t28-,29+/m1/s1. The number of amides is 3. The van der Waals surface area contributed by atoms with Gasteiger partial charge in [0.1, 0.15) is 0 Å². The molecule has 0 unspecified atom stereocenters. The van der Waals surface area contributed by atoms with Gasteiger partial charge in [-0.25, -0.2) is 4.79 Å². The molecule has 0 aliphatic carbocycles. The Morgan fingerprint density at radius 3 is 1.65 bits per heavy atom. The first-order valence-electron chi connectivity index (χ1n) is 17.6. The molecule has 0 saturated carbocycles. The molecule has 2 atom stereocenters. The summed E-state index contributed by atoms with van der Waals surface area (Å²) in [5.74, 6) is 0.242. The number of nitrogen functional groups attached to an aromatic ring is 1. The van der Waals surface area contributed by atoms with Gasteiger partial charge in [-0.1, -0.05) is 48.5 Å². The fraction of sp³-hybridized carbons (Fsp3) is 0.325. The van der Waals surface area contributed by atoms with Gasteiger partial charge in [0.25, 0.3) is 11.8 Å². The number of carbonyl (C=O) groups excluding carboxylic acids is 2. The average molecular weight is 741 g/mol. The van der Waals surface area contributed by atoms with Gasteiger partial charge in [0, 0.05) is 37.3 Å². The SMILES string of the molecule is COc1cc(C(=O)N2Cc3ccccc3C[C@@H]2CO)c(N)cc1OCCCOc1cc(NC(=O)O)c(C(=O)N2Cc3ccccc3C[C@H]2CO)cc1OC. The van der Waals surface area contributed by atoms with Gasteiger partial charge in [-0.3, -0.25) is 14.9 Å². The lowest BCUT2D eigenvalue weighted by Gasteiger charge is -2.36. The minimum atomic E-state index is -1.37. The van der Waals surface area contributed by atoms with Gasteiger partial charge in [0.2, 0.25) is 0 Å². The van der Waals surface area contributed by atoms with Gasteiger partial charge in [-0.2, -0.15) is 0 Å². The summed E-state index contributed by atoms with van der Waals surface area (Å²) in [6.07, 6.45) is -0.0120. The van der Waals surface area contributed by atoms with Crippen LogP contribution in [0.25, 0.3) is 0 Å². The first-order valence-corrected chi connectivity index (χ1v) is 17.6. The third-order valence-corrected chi connectivity index (χ3v) is 9.80. The summed E-state index contributed by atoms with van der Waals surface area (Å²) in [4.78, 5) is 42.5. The molecule has 2 heterocycles. The Hall–Kier alpha value is -5.99. The number of hydrogen-bond acceptors (Lipinski definition) is 10. The molecule has 2 aliphatic rings. The summed E-state index contributed by atoms with van der Waals surface area (Å²) in [5.41, 5.74) is 10.9. The van der Waals surface area contributed by atoms with Gasteiger partial charge in [-0.15, -0.1) is 0 Å². The smallest absolute Gasteiger partial charge is 0.409 e. The summed E-state index contributed by atoms with van der Waals surface area (Å²) in [6.45, 7) is 0.429. The van der Waals surface area contributed by atoms with E-state index in [1.165, 1.54) is 43.4 Å². The van der Waals surface area contributed by atoms with Crippen LogP contribution < -0.4 is 30.0 Å². The molecule has 14 nitrogen and oxygen atoms in total. The van der Waals surface area contributed by atoms with Crippen molar-refractivity contribution in [2.75, 3.05) is 51.7 Å². The maximum atomic E-state index is 13.9. The Morgan fingerprint density at radius 2 is 1.17 bits per heavy atom. The molecule has 0 fully saturated rings. The van der Waals surface area contributed by atoms with E-state index in [4.69, 9.17) is 24.7 Å². The third-order valence-electron chi connectivity index (χ3n) is 9.80. The summed E-state index contributed by atoms with van der Waals surface area (Å²) in [6, 6.07) is 20.5. The van der Waals surface area contributed by atoms with E-state index in [2.05, 4.69) is 5.32 Å². The minimum Gasteiger partial charge on any atom is -0.493 e. The lowest BCUT2D eigenvalue weighted by atomic mass is 9.93. The topological polar surface area (TPSA) is 193 Å². The first-order chi connectivity index (χ1) is 26.1. The Labute approximate surface area is 312 Å². The molecule has 284 valence electrons. The number of methoxy groups -OCH3 is 2. The van der Waals surface area contributed by atoms with Crippen LogP contribution in [0.3, 0.4) is 0 Å². The molecular formula is C40H44N4O10. The number of aliphatic hydroxyl groups is 2. The van der Waals surface area contributed by atoms with E-state index in [1.807, 2.05) is 48.5 Å². The van der Waals surface area contributed by atoms with Crippen molar-refractivity contribution in [1.82, 2.24) is 9.80 Å². The molecule has 14 heteroatoms. The van der Waals surface area contributed by atoms with E-state index in [1.54, 1.807) is 4.90 Å². The Balaban J connectivity index is 1.12. The van der Waals surface area contributed by atoms with E-state index < -0.39 is 24.1 Å². The first kappa shape index (κ1) is 37.8. The van der Waals surface area contributed by atoms with Crippen LogP contribution in [-0.4, -0.2) is 95.8 Å². The number of rotatable bonds is 13. The van der Waals surface area contributed by atoms with Crippen LogP contribution in [0.2, 0.25) is 0 Å². The highest BCUT2D eigenvalue weighted by Crippen LogP contribution is 2.37. The summed E-state index contributed by atoms with van der Waals surface area (Å²) < 4.78 is 23.0. The van der Waals surface area contributed by atoms with Crippen molar-refractivity contribution < 1.29 is 48.7 Å². The van der Waals surface area contributed by atoms with Gasteiger partial charge >= 0.3 is 6.09 Å². The zero-order chi connectivity index (χ0) is 38.4. The maximum absolute atomic E-state index is 13.9. The molecule has 0 spiro atoms. The number of fused-ring (bicyclic) bond motifs is 2. The van der Waals surface area contributed by atoms with E-state index in [0.29, 0.717) is 37.3 Å². The van der Waals surface area contributed by atoms with Crippen molar-refractivity contribution in [3.63, 3.8) is 0 Å². The molecule has 6 rings (SSSR count). The molecule has 4 aromatic rings. The van der Waals surface area contributed by atoms with Crippen molar-refractivity contribution >= 4 is 29.3 Å². The minimum absolute atomic E-state index is 0.00372. The molecule has 6 N–H and O–H groups in total. The lowest BCUT2D eigenvalue weighted by Crippen LogP contribution is -2.46. The van der Waals surface area contributed by atoms with E-state index in [9.17, 15) is 29.7 Å². The van der Waals surface area contributed by atoms with Crippen LogP contribution in [0, 0.1) is 0 Å². The van der Waals surface area contributed by atoms with Crippen LogP contribution in [-0.2, 0) is 25.9 Å². The van der Waals surface area contributed by atoms with Gasteiger partial charge < -0.3 is 49.8 Å². The molecule has 2 aliphatic heterocycles. The Kier molecular flexibility index (Phi) is 11.7. The van der Waals surface area contributed by atoms with Crippen molar-refractivity contribution in [3.05, 3.63) is 106 Å². The zero-order valence-electron chi connectivity index (χ0n) is 30.1. The number of hydrogen-bond donors (Lipinski definition) is 5. The van der Waals surface area contributed by atoms with Crippen LogP contribution in [0.15, 0.2) is 72.8 Å². The second-order valence-corrected chi connectivity index (χ2v) is 13.1. The lowest BCUT2D eigenvalue weighted by molar-refractivity contribution is 0.0540. The fourth-order valence-corrected chi connectivity index (χ4v) is 6.97. The maximum Gasteiger partial charge on any atom is 0.409 e. The zero-order valence-corrected chi connectivity index (χ0v) is 30.1. The van der Waals surface area contributed by atoms with Crippen LogP contribution >= 0.6 is 0 Å². The van der Waals surface area contributed by atoms with Crippen LogP contribution in [0.1, 0.15) is 49.4 Å².